The Hall–Kier alpha value is -3.80. The fourth-order valence-corrected chi connectivity index (χ4v) is 5.71. The number of rotatable bonds is 17. The number of nitrogens with one attached hydrogen (secondary N) is 2. The minimum absolute atomic E-state index is 0.181. The highest BCUT2D eigenvalue weighted by atomic mass is 32.1. The Morgan fingerprint density at radius 2 is 1.23 bits per heavy atom. The summed E-state index contributed by atoms with van der Waals surface area (Å²) in [6.45, 7) is 4.52. The second kappa shape index (κ2) is 18.0. The van der Waals surface area contributed by atoms with Crippen LogP contribution in [0.15, 0.2) is 84.1 Å². The van der Waals surface area contributed by atoms with Gasteiger partial charge in [0.05, 0.1) is 20.8 Å². The minimum Gasteiger partial charge on any atom is -0.444 e. The number of aromatic nitrogens is 2. The SMILES string of the molecule is CCCCN(C[C@H](Cc1ccccc1)NC(=O)OCc1cncs1)C[C@H](Cc1ccccc1)NC(=O)OCc1cncs1. The Morgan fingerprint density at radius 1 is 0.767 bits per heavy atom. The van der Waals surface area contributed by atoms with E-state index in [9.17, 15) is 9.59 Å². The molecule has 0 radical (unpaired) electrons. The zero-order valence-corrected chi connectivity index (χ0v) is 26.0. The van der Waals surface area contributed by atoms with Crippen molar-refractivity contribution >= 4 is 34.9 Å². The Balaban J connectivity index is 1.45. The molecule has 0 aliphatic heterocycles. The molecule has 2 aromatic heterocycles. The summed E-state index contributed by atoms with van der Waals surface area (Å²) in [7, 11) is 0. The largest absolute Gasteiger partial charge is 0.444 e. The maximum atomic E-state index is 12.9. The van der Waals surface area contributed by atoms with Gasteiger partial charge in [0.25, 0.3) is 0 Å². The van der Waals surface area contributed by atoms with Crippen LogP contribution in [0.5, 0.6) is 0 Å². The third kappa shape index (κ3) is 12.1. The van der Waals surface area contributed by atoms with Crippen LogP contribution in [0.1, 0.15) is 40.6 Å². The summed E-state index contributed by atoms with van der Waals surface area (Å²) < 4.78 is 11.0. The average Bonchev–Trinajstić information content (AvgIpc) is 3.74. The van der Waals surface area contributed by atoms with E-state index in [0.29, 0.717) is 25.9 Å². The summed E-state index contributed by atoms with van der Waals surface area (Å²) >= 11 is 2.90. The Morgan fingerprint density at radius 3 is 1.63 bits per heavy atom. The average molecular weight is 622 g/mol. The van der Waals surface area contributed by atoms with Crippen LogP contribution < -0.4 is 10.6 Å². The van der Waals surface area contributed by atoms with Gasteiger partial charge in [0.1, 0.15) is 13.2 Å². The maximum Gasteiger partial charge on any atom is 0.407 e. The number of unbranched alkanes of at least 4 members (excludes halogenated alkanes) is 1. The van der Waals surface area contributed by atoms with E-state index in [1.54, 1.807) is 23.4 Å². The van der Waals surface area contributed by atoms with Gasteiger partial charge in [-0.15, -0.1) is 22.7 Å². The molecule has 0 aliphatic carbocycles. The molecule has 2 heterocycles. The molecule has 0 unspecified atom stereocenters. The monoisotopic (exact) mass is 621 g/mol. The Bertz CT molecular complexity index is 1220. The van der Waals surface area contributed by atoms with Gasteiger partial charge in [-0.25, -0.2) is 9.59 Å². The molecule has 43 heavy (non-hydrogen) atoms. The standard InChI is InChI=1S/C32H39N5O4S2/c1-2-3-14-37(19-27(15-25-10-6-4-7-11-25)35-31(38)40-21-29-17-33-23-42-29)20-28(16-26-12-8-5-9-13-26)36-32(39)41-22-30-18-34-24-43-30/h4-13,17-18,23-24,27-28H,2-3,14-16,19-22H2,1H3,(H,35,38)(H,36,39)/t27-,28-/m0/s1. The predicted octanol–water partition coefficient (Wildman–Crippen LogP) is 6.08. The van der Waals surface area contributed by atoms with Crippen LogP contribution in [0.25, 0.3) is 0 Å². The maximum absolute atomic E-state index is 12.9. The molecule has 4 rings (SSSR count). The van der Waals surface area contributed by atoms with Crippen LogP contribution in [0.4, 0.5) is 9.59 Å². The van der Waals surface area contributed by atoms with Crippen LogP contribution in [-0.4, -0.2) is 58.8 Å². The Kier molecular flexibility index (Phi) is 13.4. The van der Waals surface area contributed by atoms with Crippen molar-refractivity contribution in [3.05, 3.63) is 105 Å². The van der Waals surface area contributed by atoms with Gasteiger partial charge < -0.3 is 20.1 Å². The van der Waals surface area contributed by atoms with E-state index in [2.05, 4.69) is 56.7 Å². The Labute approximate surface area is 261 Å². The zero-order chi connectivity index (χ0) is 30.1. The summed E-state index contributed by atoms with van der Waals surface area (Å²) in [6, 6.07) is 19.8. The molecular formula is C32H39N5O4S2. The molecule has 2 atom stereocenters. The number of benzene rings is 2. The molecule has 4 aromatic rings. The molecule has 0 fully saturated rings. The van der Waals surface area contributed by atoms with E-state index in [-0.39, 0.29) is 25.3 Å². The molecule has 2 aromatic carbocycles. The second-order valence-corrected chi connectivity index (χ2v) is 12.2. The lowest BCUT2D eigenvalue weighted by Gasteiger charge is -2.31. The van der Waals surface area contributed by atoms with Crippen molar-refractivity contribution in [1.82, 2.24) is 25.5 Å². The summed E-state index contributed by atoms with van der Waals surface area (Å²) in [6.07, 6.45) is 5.78. The van der Waals surface area contributed by atoms with Crippen molar-refractivity contribution in [2.24, 2.45) is 0 Å². The highest BCUT2D eigenvalue weighted by Gasteiger charge is 2.23. The third-order valence-electron chi connectivity index (χ3n) is 6.74. The molecule has 0 saturated carbocycles. The van der Waals surface area contributed by atoms with E-state index < -0.39 is 12.2 Å². The highest BCUT2D eigenvalue weighted by Crippen LogP contribution is 2.12. The van der Waals surface area contributed by atoms with Crippen LogP contribution in [0, 0.1) is 0 Å². The lowest BCUT2D eigenvalue weighted by Crippen LogP contribution is -2.50. The molecule has 9 nitrogen and oxygen atoms in total. The van der Waals surface area contributed by atoms with Gasteiger partial charge in [0.2, 0.25) is 0 Å². The highest BCUT2D eigenvalue weighted by molar-refractivity contribution is 7.09. The zero-order valence-electron chi connectivity index (χ0n) is 24.4. The number of carbonyl (C=O) groups is 2. The number of hydrogen-bond acceptors (Lipinski definition) is 9. The normalized spacial score (nSPS) is 12.4. The van der Waals surface area contributed by atoms with Crippen molar-refractivity contribution in [3.8, 4) is 0 Å². The van der Waals surface area contributed by atoms with Crippen molar-refractivity contribution in [2.75, 3.05) is 19.6 Å². The molecular weight excluding hydrogens is 583 g/mol. The van der Waals surface area contributed by atoms with Crippen LogP contribution in [0.2, 0.25) is 0 Å². The van der Waals surface area contributed by atoms with Gasteiger partial charge in [-0.2, -0.15) is 0 Å². The van der Waals surface area contributed by atoms with Gasteiger partial charge in [0.15, 0.2) is 0 Å². The second-order valence-electron chi connectivity index (χ2n) is 10.3. The topological polar surface area (TPSA) is 106 Å². The lowest BCUT2D eigenvalue weighted by molar-refractivity contribution is 0.126. The van der Waals surface area contributed by atoms with Crippen LogP contribution in [0.3, 0.4) is 0 Å². The molecule has 228 valence electrons. The van der Waals surface area contributed by atoms with E-state index >= 15 is 0 Å². The minimum atomic E-state index is -0.463. The number of thiazole rings is 2. The van der Waals surface area contributed by atoms with Crippen LogP contribution in [-0.2, 0) is 35.5 Å². The molecule has 0 aliphatic rings. The number of hydrogen-bond donors (Lipinski definition) is 2. The molecule has 0 bridgehead atoms. The van der Waals surface area contributed by atoms with Gasteiger partial charge in [-0.1, -0.05) is 74.0 Å². The van der Waals surface area contributed by atoms with E-state index in [1.165, 1.54) is 22.7 Å². The first kappa shape index (κ1) is 32.1. The van der Waals surface area contributed by atoms with Crippen molar-refractivity contribution in [1.29, 1.82) is 0 Å². The third-order valence-corrected chi connectivity index (χ3v) is 8.24. The van der Waals surface area contributed by atoms with Gasteiger partial charge in [-0.3, -0.25) is 14.9 Å². The molecule has 0 saturated heterocycles. The molecule has 11 heteroatoms. The van der Waals surface area contributed by atoms with E-state index in [0.717, 1.165) is 40.3 Å². The molecule has 2 amide bonds. The smallest absolute Gasteiger partial charge is 0.407 e. The van der Waals surface area contributed by atoms with Gasteiger partial charge in [0, 0.05) is 37.6 Å². The summed E-state index contributed by atoms with van der Waals surface area (Å²) in [5, 5.41) is 6.20. The number of alkyl carbamates (subject to hydrolysis) is 2. The fraction of sp³-hybridized carbons (Fsp3) is 0.375. The van der Waals surface area contributed by atoms with E-state index in [4.69, 9.17) is 9.47 Å². The summed E-state index contributed by atoms with van der Waals surface area (Å²) in [5.74, 6) is 0. The number of carbonyl (C=O) groups excluding carboxylic acids is 2. The molecule has 0 spiro atoms. The van der Waals surface area contributed by atoms with Crippen molar-refractivity contribution in [3.63, 3.8) is 0 Å². The quantitative estimate of drug-likeness (QED) is 0.147. The number of nitrogens with zero attached hydrogens (tertiary/aromatic N) is 3. The van der Waals surface area contributed by atoms with Crippen molar-refractivity contribution in [2.45, 2.75) is 57.9 Å². The summed E-state index contributed by atoms with van der Waals surface area (Å²) in [5.41, 5.74) is 5.68. The van der Waals surface area contributed by atoms with Crippen molar-refractivity contribution < 1.29 is 19.1 Å². The first-order valence-electron chi connectivity index (χ1n) is 14.5. The number of amides is 2. The van der Waals surface area contributed by atoms with E-state index in [1.807, 2.05) is 36.4 Å². The summed E-state index contributed by atoms with van der Waals surface area (Å²) in [4.78, 5) is 37.9. The first-order valence-corrected chi connectivity index (χ1v) is 16.2. The predicted molar refractivity (Wildman–Crippen MR) is 170 cm³/mol. The van der Waals surface area contributed by atoms with Gasteiger partial charge in [-0.05, 0) is 36.9 Å². The first-order chi connectivity index (χ1) is 21.1. The van der Waals surface area contributed by atoms with Crippen LogP contribution >= 0.6 is 22.7 Å². The number of ether oxygens (including phenoxy) is 2. The lowest BCUT2D eigenvalue weighted by atomic mass is 10.0. The van der Waals surface area contributed by atoms with Gasteiger partial charge >= 0.3 is 12.2 Å². The fourth-order valence-electron chi connectivity index (χ4n) is 4.70. The molecule has 2 N–H and O–H groups in total.